The lowest BCUT2D eigenvalue weighted by molar-refractivity contribution is -0.145. The predicted octanol–water partition coefficient (Wildman–Crippen LogP) is 1.45. The van der Waals surface area contributed by atoms with Crippen LogP contribution < -0.4 is 0 Å². The number of rotatable bonds is 2. The van der Waals surface area contributed by atoms with Crippen LogP contribution in [0.3, 0.4) is 0 Å². The summed E-state index contributed by atoms with van der Waals surface area (Å²) in [7, 11) is 0. The molecule has 0 amide bonds. The van der Waals surface area contributed by atoms with E-state index in [1.165, 1.54) is 0 Å². The van der Waals surface area contributed by atoms with E-state index in [2.05, 4.69) is 0 Å². The maximum atomic E-state index is 10.9. The van der Waals surface area contributed by atoms with Gasteiger partial charge in [-0.3, -0.25) is 9.59 Å². The Kier molecular flexibility index (Phi) is 2.56. The van der Waals surface area contributed by atoms with Crippen LogP contribution in [0.5, 0.6) is 0 Å². The summed E-state index contributed by atoms with van der Waals surface area (Å²) in [5, 5.41) is 17.9. The van der Waals surface area contributed by atoms with Crippen LogP contribution in [0, 0.1) is 23.2 Å². The molecular weight excluding hydrogens is 184 g/mol. The molecule has 4 nitrogen and oxygen atoms in total. The molecule has 0 aliphatic heterocycles. The second-order valence-electron chi connectivity index (χ2n) is 4.68. The minimum Gasteiger partial charge on any atom is -0.481 e. The van der Waals surface area contributed by atoms with Crippen molar-refractivity contribution in [2.45, 2.75) is 27.2 Å². The smallest absolute Gasteiger partial charge is 0.307 e. The lowest BCUT2D eigenvalue weighted by Crippen LogP contribution is -2.30. The van der Waals surface area contributed by atoms with Crippen LogP contribution in [-0.4, -0.2) is 22.2 Å². The molecule has 0 unspecified atom stereocenters. The molecule has 0 radical (unpaired) electrons. The normalized spacial score (nSPS) is 35.5. The maximum Gasteiger partial charge on any atom is 0.307 e. The summed E-state index contributed by atoms with van der Waals surface area (Å²) in [5.41, 5.74) is -0.436. The molecule has 1 aliphatic carbocycles. The van der Waals surface area contributed by atoms with Gasteiger partial charge < -0.3 is 10.2 Å². The van der Waals surface area contributed by atoms with Crippen LogP contribution in [0.15, 0.2) is 0 Å². The molecule has 3 atom stereocenters. The molecule has 0 aromatic heterocycles. The molecule has 1 aliphatic rings. The van der Waals surface area contributed by atoms with Gasteiger partial charge in [0.2, 0.25) is 0 Å². The quantitative estimate of drug-likeness (QED) is 0.707. The first-order chi connectivity index (χ1) is 6.28. The Morgan fingerprint density at radius 1 is 1.21 bits per heavy atom. The molecule has 1 rings (SSSR count). The first-order valence-electron chi connectivity index (χ1n) is 4.74. The van der Waals surface area contributed by atoms with Crippen LogP contribution in [0.4, 0.5) is 0 Å². The topological polar surface area (TPSA) is 74.6 Å². The number of hydrogen-bond donors (Lipinski definition) is 2. The third-order valence-corrected chi connectivity index (χ3v) is 3.78. The third-order valence-electron chi connectivity index (χ3n) is 3.78. The van der Waals surface area contributed by atoms with Crippen molar-refractivity contribution >= 4 is 11.9 Å². The standard InChI is InChI=1S/C10H16O4/c1-5-6(8(11)12)4-7(9(13)14)10(5,2)3/h5-7H,4H2,1-3H3,(H,11,12)(H,13,14)/t5-,6+,7-/m1/s1. The van der Waals surface area contributed by atoms with Crippen molar-refractivity contribution in [2.75, 3.05) is 0 Å². The zero-order valence-electron chi connectivity index (χ0n) is 8.65. The number of aliphatic carboxylic acids is 2. The van der Waals surface area contributed by atoms with Gasteiger partial charge in [-0.2, -0.15) is 0 Å². The lowest BCUT2D eigenvalue weighted by atomic mass is 9.75. The Bertz CT molecular complexity index is 269. The van der Waals surface area contributed by atoms with Gasteiger partial charge in [-0.05, 0) is 17.8 Å². The van der Waals surface area contributed by atoms with E-state index >= 15 is 0 Å². The monoisotopic (exact) mass is 200 g/mol. The predicted molar refractivity (Wildman–Crippen MR) is 49.8 cm³/mol. The second-order valence-corrected chi connectivity index (χ2v) is 4.68. The van der Waals surface area contributed by atoms with Crippen molar-refractivity contribution in [3.63, 3.8) is 0 Å². The van der Waals surface area contributed by atoms with Crippen molar-refractivity contribution in [2.24, 2.45) is 23.2 Å². The van der Waals surface area contributed by atoms with Crippen LogP contribution in [0.1, 0.15) is 27.2 Å². The highest BCUT2D eigenvalue weighted by Crippen LogP contribution is 2.50. The molecule has 0 aromatic carbocycles. The highest BCUT2D eigenvalue weighted by Gasteiger charge is 2.52. The highest BCUT2D eigenvalue weighted by atomic mass is 16.4. The summed E-state index contributed by atoms with van der Waals surface area (Å²) in [4.78, 5) is 21.8. The van der Waals surface area contributed by atoms with Crippen LogP contribution in [0.2, 0.25) is 0 Å². The minimum atomic E-state index is -0.884. The van der Waals surface area contributed by atoms with E-state index in [0.717, 1.165) is 0 Å². The number of carbonyl (C=O) groups is 2. The van der Waals surface area contributed by atoms with E-state index in [1.807, 2.05) is 20.8 Å². The zero-order valence-corrected chi connectivity index (χ0v) is 8.65. The molecule has 0 bridgehead atoms. The summed E-state index contributed by atoms with van der Waals surface area (Å²) < 4.78 is 0. The van der Waals surface area contributed by atoms with Crippen molar-refractivity contribution in [1.82, 2.24) is 0 Å². The molecule has 0 saturated heterocycles. The highest BCUT2D eigenvalue weighted by molar-refractivity contribution is 5.76. The summed E-state index contributed by atoms with van der Waals surface area (Å²) in [6.07, 6.45) is 0.249. The van der Waals surface area contributed by atoms with Gasteiger partial charge in [0.25, 0.3) is 0 Å². The third kappa shape index (κ3) is 1.49. The van der Waals surface area contributed by atoms with Crippen molar-refractivity contribution in [3.8, 4) is 0 Å². The van der Waals surface area contributed by atoms with Gasteiger partial charge in [0.15, 0.2) is 0 Å². The van der Waals surface area contributed by atoms with Crippen molar-refractivity contribution in [1.29, 1.82) is 0 Å². The largest absolute Gasteiger partial charge is 0.481 e. The van der Waals surface area contributed by atoms with Crippen LogP contribution in [0.25, 0.3) is 0 Å². The first kappa shape index (κ1) is 11.0. The van der Waals surface area contributed by atoms with E-state index in [-0.39, 0.29) is 12.3 Å². The summed E-state index contributed by atoms with van der Waals surface area (Å²) in [6.45, 7) is 5.49. The molecule has 1 saturated carbocycles. The summed E-state index contributed by atoms with van der Waals surface area (Å²) >= 11 is 0. The maximum absolute atomic E-state index is 10.9. The average Bonchev–Trinajstić information content (AvgIpc) is 2.24. The van der Waals surface area contributed by atoms with Crippen molar-refractivity contribution < 1.29 is 19.8 Å². The van der Waals surface area contributed by atoms with Gasteiger partial charge in [0, 0.05) is 0 Å². The number of carboxylic acid groups (broad SMARTS) is 2. The van der Waals surface area contributed by atoms with E-state index in [1.54, 1.807) is 0 Å². The average molecular weight is 200 g/mol. The first-order valence-corrected chi connectivity index (χ1v) is 4.74. The molecule has 80 valence electrons. The Morgan fingerprint density at radius 3 is 1.93 bits per heavy atom. The fraction of sp³-hybridized carbons (Fsp3) is 0.800. The molecule has 0 aromatic rings. The number of hydrogen-bond acceptors (Lipinski definition) is 2. The van der Waals surface area contributed by atoms with Gasteiger partial charge in [-0.25, -0.2) is 0 Å². The molecule has 4 heteroatoms. The lowest BCUT2D eigenvalue weighted by Gasteiger charge is -2.29. The molecule has 0 heterocycles. The molecule has 1 fully saturated rings. The Labute approximate surface area is 82.9 Å². The van der Waals surface area contributed by atoms with E-state index in [9.17, 15) is 9.59 Å². The van der Waals surface area contributed by atoms with Gasteiger partial charge >= 0.3 is 11.9 Å². The summed E-state index contributed by atoms with van der Waals surface area (Å²) in [5.74, 6) is -2.93. The molecular formula is C10H16O4. The summed E-state index contributed by atoms with van der Waals surface area (Å²) in [6, 6.07) is 0. The van der Waals surface area contributed by atoms with Gasteiger partial charge in [0.05, 0.1) is 11.8 Å². The Balaban J connectivity index is 2.96. The van der Waals surface area contributed by atoms with E-state index in [4.69, 9.17) is 10.2 Å². The Hall–Kier alpha value is -1.06. The van der Waals surface area contributed by atoms with Crippen molar-refractivity contribution in [3.05, 3.63) is 0 Å². The van der Waals surface area contributed by atoms with E-state index < -0.39 is 29.2 Å². The van der Waals surface area contributed by atoms with Crippen LogP contribution in [-0.2, 0) is 9.59 Å². The molecule has 14 heavy (non-hydrogen) atoms. The Morgan fingerprint density at radius 2 is 1.71 bits per heavy atom. The fourth-order valence-electron chi connectivity index (χ4n) is 2.33. The second kappa shape index (κ2) is 3.26. The van der Waals surface area contributed by atoms with Gasteiger partial charge in [0.1, 0.15) is 0 Å². The van der Waals surface area contributed by atoms with Gasteiger partial charge in [-0.1, -0.05) is 20.8 Å². The van der Waals surface area contributed by atoms with Crippen LogP contribution >= 0.6 is 0 Å². The van der Waals surface area contributed by atoms with E-state index in [0.29, 0.717) is 0 Å². The SMILES string of the molecule is C[C@@H]1[C@@H](C(=O)O)C[C@H](C(=O)O)C1(C)C. The molecule has 0 spiro atoms. The zero-order chi connectivity index (χ0) is 11.1. The number of carboxylic acids is 2. The van der Waals surface area contributed by atoms with Gasteiger partial charge in [-0.15, -0.1) is 0 Å². The molecule has 2 N–H and O–H groups in total. The minimum absolute atomic E-state index is 0.0962. The fourth-order valence-corrected chi connectivity index (χ4v) is 2.33.